The highest BCUT2D eigenvalue weighted by Gasteiger charge is 2.39. The van der Waals surface area contributed by atoms with E-state index >= 15 is 0 Å². The van der Waals surface area contributed by atoms with Gasteiger partial charge in [0.1, 0.15) is 5.75 Å². The summed E-state index contributed by atoms with van der Waals surface area (Å²) in [6, 6.07) is 22.2. The number of para-hydroxylation sites is 1. The van der Waals surface area contributed by atoms with E-state index in [0.29, 0.717) is 41.3 Å². The Bertz CT molecular complexity index is 1620. The highest BCUT2D eigenvalue weighted by Crippen LogP contribution is 2.32. The number of Topliss-reactive ketones (excluding diaryl/α,β-unsaturated/α-hetero) is 1. The molecule has 6 rings (SSSR count). The molecule has 3 heterocycles. The Labute approximate surface area is 258 Å². The van der Waals surface area contributed by atoms with E-state index in [-0.39, 0.29) is 11.7 Å². The topological polar surface area (TPSA) is 66.8 Å². The molecule has 2 bridgehead atoms. The molecular formula is C35H39ClN4O3. The van der Waals surface area contributed by atoms with Gasteiger partial charge in [-0.25, -0.2) is 0 Å². The van der Waals surface area contributed by atoms with Gasteiger partial charge in [0, 0.05) is 67.0 Å². The number of amides is 1. The van der Waals surface area contributed by atoms with Crippen molar-refractivity contribution in [3.63, 3.8) is 0 Å². The maximum absolute atomic E-state index is 13.4. The van der Waals surface area contributed by atoms with Gasteiger partial charge in [-0.15, -0.1) is 0 Å². The molecular weight excluding hydrogens is 560 g/mol. The molecule has 7 nitrogen and oxygen atoms in total. The van der Waals surface area contributed by atoms with Crippen LogP contribution in [0.2, 0.25) is 5.02 Å². The molecule has 224 valence electrons. The van der Waals surface area contributed by atoms with Gasteiger partial charge in [-0.1, -0.05) is 60.1 Å². The van der Waals surface area contributed by atoms with E-state index in [1.165, 1.54) is 0 Å². The Hall–Kier alpha value is -3.65. The maximum Gasteiger partial charge on any atom is 0.253 e. The lowest BCUT2D eigenvalue weighted by Gasteiger charge is -2.41. The summed E-state index contributed by atoms with van der Waals surface area (Å²) in [6.07, 6.45) is 5.27. The molecule has 2 fully saturated rings. The van der Waals surface area contributed by atoms with E-state index in [0.717, 1.165) is 73.2 Å². The van der Waals surface area contributed by atoms with Crippen molar-refractivity contribution in [1.29, 1.82) is 0 Å². The van der Waals surface area contributed by atoms with Crippen LogP contribution in [0.5, 0.6) is 5.75 Å². The molecule has 3 aromatic carbocycles. The van der Waals surface area contributed by atoms with Crippen molar-refractivity contribution in [3.05, 3.63) is 100 Å². The lowest BCUT2D eigenvalue weighted by atomic mass is 10.1. The van der Waals surface area contributed by atoms with Crippen LogP contribution in [-0.2, 0) is 13.1 Å². The lowest BCUT2D eigenvalue weighted by molar-refractivity contribution is 0.0588. The molecule has 1 amide bonds. The fraction of sp³-hybridized carbons (Fsp3) is 0.371. The normalized spacial score (nSPS) is 18.7. The van der Waals surface area contributed by atoms with E-state index < -0.39 is 0 Å². The van der Waals surface area contributed by atoms with Crippen LogP contribution >= 0.6 is 11.6 Å². The number of ketones is 1. The van der Waals surface area contributed by atoms with Crippen LogP contribution in [0, 0.1) is 6.92 Å². The second kappa shape index (κ2) is 12.9. The zero-order valence-electron chi connectivity index (χ0n) is 24.9. The Morgan fingerprint density at radius 3 is 2.49 bits per heavy atom. The summed E-state index contributed by atoms with van der Waals surface area (Å²) in [5.41, 5.74) is 4.58. The third-order valence-electron chi connectivity index (χ3n) is 9.06. The molecule has 0 radical (unpaired) electrons. The Kier molecular flexibility index (Phi) is 8.84. The van der Waals surface area contributed by atoms with Gasteiger partial charge in [0.2, 0.25) is 0 Å². The SMILES string of the molecule is COc1cccc2c(C(=O)NCc3ccccc3C)cn(CCCN3C4CCC3CN(CC(=O)c3cccc(Cl)c3)C4)c12. The molecule has 1 aromatic heterocycles. The number of carbonyl (C=O) groups excluding carboxylic acids is 2. The zero-order valence-corrected chi connectivity index (χ0v) is 25.6. The van der Waals surface area contributed by atoms with Gasteiger partial charge in [0.25, 0.3) is 5.91 Å². The first-order valence-corrected chi connectivity index (χ1v) is 15.5. The number of rotatable bonds is 11. The van der Waals surface area contributed by atoms with Crippen LogP contribution in [0.1, 0.15) is 51.1 Å². The van der Waals surface area contributed by atoms with Crippen molar-refractivity contribution < 1.29 is 14.3 Å². The standard InChI is InChI=1S/C35H39ClN4O3/c1-24-8-3-4-9-26(24)19-37-35(42)31-22-39(34-30(31)12-6-13-33(34)43-2)16-7-17-40-28-14-15-29(40)21-38(20-28)23-32(41)25-10-5-11-27(36)18-25/h3-6,8-13,18,22,28-29H,7,14-17,19-21,23H2,1-2H3,(H,37,42). The predicted molar refractivity (Wildman–Crippen MR) is 171 cm³/mol. The number of aryl methyl sites for hydroxylation is 2. The second-order valence-electron chi connectivity index (χ2n) is 11.8. The van der Waals surface area contributed by atoms with Crippen LogP contribution in [0.4, 0.5) is 0 Å². The molecule has 8 heteroatoms. The van der Waals surface area contributed by atoms with Crippen molar-refractivity contribution in [2.75, 3.05) is 33.3 Å². The molecule has 2 unspecified atom stereocenters. The van der Waals surface area contributed by atoms with Crippen molar-refractivity contribution >= 4 is 34.2 Å². The molecule has 43 heavy (non-hydrogen) atoms. The lowest BCUT2D eigenvalue weighted by Crippen LogP contribution is -2.54. The molecule has 2 atom stereocenters. The summed E-state index contributed by atoms with van der Waals surface area (Å²) in [7, 11) is 1.68. The van der Waals surface area contributed by atoms with Crippen LogP contribution in [0.15, 0.2) is 72.9 Å². The molecule has 4 aromatic rings. The number of methoxy groups -OCH3 is 1. The molecule has 2 aliphatic rings. The third kappa shape index (κ3) is 6.35. The summed E-state index contributed by atoms with van der Waals surface area (Å²) in [6.45, 7) is 6.57. The van der Waals surface area contributed by atoms with Gasteiger partial charge in [-0.3, -0.25) is 19.4 Å². The number of benzene rings is 3. The largest absolute Gasteiger partial charge is 0.495 e. The summed E-state index contributed by atoms with van der Waals surface area (Å²) in [5.74, 6) is 0.817. The van der Waals surface area contributed by atoms with E-state index in [4.69, 9.17) is 16.3 Å². The van der Waals surface area contributed by atoms with Crippen molar-refractivity contribution in [1.82, 2.24) is 19.7 Å². The number of fused-ring (bicyclic) bond motifs is 3. The highest BCUT2D eigenvalue weighted by molar-refractivity contribution is 6.31. The average Bonchev–Trinajstić information content (AvgIpc) is 3.49. The Morgan fingerprint density at radius 1 is 0.977 bits per heavy atom. The number of carbonyl (C=O) groups is 2. The molecule has 2 aliphatic heterocycles. The summed E-state index contributed by atoms with van der Waals surface area (Å²) in [4.78, 5) is 31.2. The first-order valence-electron chi connectivity index (χ1n) is 15.2. The van der Waals surface area contributed by atoms with Gasteiger partial charge >= 0.3 is 0 Å². The number of aromatic nitrogens is 1. The smallest absolute Gasteiger partial charge is 0.253 e. The summed E-state index contributed by atoms with van der Waals surface area (Å²) >= 11 is 6.11. The number of ether oxygens (including phenoxy) is 1. The van der Waals surface area contributed by atoms with E-state index in [1.807, 2.05) is 54.7 Å². The number of nitrogens with zero attached hydrogens (tertiary/aromatic N) is 3. The van der Waals surface area contributed by atoms with Gasteiger partial charge in [0.15, 0.2) is 5.78 Å². The minimum absolute atomic E-state index is 0.0817. The quantitative estimate of drug-likeness (QED) is 0.216. The van der Waals surface area contributed by atoms with E-state index in [1.54, 1.807) is 19.2 Å². The fourth-order valence-electron chi connectivity index (χ4n) is 6.88. The summed E-state index contributed by atoms with van der Waals surface area (Å²) in [5, 5.41) is 4.62. The highest BCUT2D eigenvalue weighted by atomic mass is 35.5. The van der Waals surface area contributed by atoms with Crippen LogP contribution in [-0.4, -0.2) is 71.4 Å². The number of likely N-dealkylation sites (tertiary alicyclic amines) is 1. The van der Waals surface area contributed by atoms with Gasteiger partial charge in [-0.2, -0.15) is 0 Å². The molecule has 2 saturated heterocycles. The first kappa shape index (κ1) is 29.4. The van der Waals surface area contributed by atoms with Crippen LogP contribution < -0.4 is 10.1 Å². The van der Waals surface area contributed by atoms with E-state index in [9.17, 15) is 9.59 Å². The number of halogens is 1. The summed E-state index contributed by atoms with van der Waals surface area (Å²) < 4.78 is 7.90. The monoisotopic (exact) mass is 598 g/mol. The maximum atomic E-state index is 13.4. The minimum atomic E-state index is -0.0817. The van der Waals surface area contributed by atoms with Crippen molar-refractivity contribution in [2.45, 2.75) is 51.4 Å². The average molecular weight is 599 g/mol. The van der Waals surface area contributed by atoms with Gasteiger partial charge in [-0.05, 0) is 55.5 Å². The minimum Gasteiger partial charge on any atom is -0.495 e. The Balaban J connectivity index is 1.10. The van der Waals surface area contributed by atoms with Crippen LogP contribution in [0.3, 0.4) is 0 Å². The number of nitrogens with one attached hydrogen (secondary N) is 1. The molecule has 1 N–H and O–H groups in total. The second-order valence-corrected chi connectivity index (χ2v) is 12.2. The number of hydrogen-bond acceptors (Lipinski definition) is 5. The number of hydrogen-bond donors (Lipinski definition) is 1. The molecule has 0 spiro atoms. The van der Waals surface area contributed by atoms with Crippen molar-refractivity contribution in [2.24, 2.45) is 0 Å². The Morgan fingerprint density at radius 2 is 1.74 bits per heavy atom. The third-order valence-corrected chi connectivity index (χ3v) is 9.30. The fourth-order valence-corrected chi connectivity index (χ4v) is 7.07. The van der Waals surface area contributed by atoms with E-state index in [2.05, 4.69) is 32.7 Å². The van der Waals surface area contributed by atoms with Crippen LogP contribution in [0.25, 0.3) is 10.9 Å². The predicted octanol–water partition coefficient (Wildman–Crippen LogP) is 5.96. The first-order chi connectivity index (χ1) is 20.9. The molecule has 0 saturated carbocycles. The van der Waals surface area contributed by atoms with Gasteiger partial charge in [0.05, 0.1) is 24.7 Å². The van der Waals surface area contributed by atoms with Gasteiger partial charge < -0.3 is 14.6 Å². The number of piperazine rings is 1. The molecule has 0 aliphatic carbocycles. The zero-order chi connectivity index (χ0) is 29.9. The van der Waals surface area contributed by atoms with Crippen molar-refractivity contribution in [3.8, 4) is 5.75 Å².